The summed E-state index contributed by atoms with van der Waals surface area (Å²) in [6, 6.07) is 1.77. The van der Waals surface area contributed by atoms with Gasteiger partial charge in [-0.25, -0.2) is 4.98 Å². The van der Waals surface area contributed by atoms with Gasteiger partial charge in [-0.2, -0.15) is 13.2 Å². The molecule has 0 amide bonds. The van der Waals surface area contributed by atoms with E-state index in [-0.39, 0.29) is 12.6 Å². The summed E-state index contributed by atoms with van der Waals surface area (Å²) < 4.78 is 36.8. The Bertz CT molecular complexity index is 495. The van der Waals surface area contributed by atoms with Gasteiger partial charge in [-0.3, -0.25) is 4.90 Å². The number of piperazine rings is 1. The molecule has 0 aromatic carbocycles. The number of pyridine rings is 1. The van der Waals surface area contributed by atoms with Gasteiger partial charge < -0.3 is 10.6 Å². The van der Waals surface area contributed by atoms with Crippen molar-refractivity contribution < 1.29 is 13.2 Å². The maximum absolute atomic E-state index is 12.3. The highest BCUT2D eigenvalue weighted by molar-refractivity contribution is 6.32. The molecule has 8 heteroatoms. The fourth-order valence-corrected chi connectivity index (χ4v) is 2.56. The highest BCUT2D eigenvalue weighted by atomic mass is 35.5. The first-order chi connectivity index (χ1) is 9.76. The molecule has 2 rings (SSSR count). The standard InChI is InChI=1S/C13H18ClF3N4/c1-9-8-20(3-2-13(15,16)17)4-5-21(9)12-6-11(18)10(14)7-19-12/h6-7,9H,2-5,8H2,1H3,(H2,18,19). The van der Waals surface area contributed by atoms with E-state index in [9.17, 15) is 13.2 Å². The molecule has 1 aromatic heterocycles. The maximum atomic E-state index is 12.3. The molecule has 2 heterocycles. The Labute approximate surface area is 126 Å². The Balaban J connectivity index is 1.96. The molecule has 1 aliphatic heterocycles. The molecular weight excluding hydrogens is 305 g/mol. The van der Waals surface area contributed by atoms with Crippen LogP contribution in [0.15, 0.2) is 12.3 Å². The number of rotatable bonds is 3. The van der Waals surface area contributed by atoms with Crippen LogP contribution in [0.1, 0.15) is 13.3 Å². The van der Waals surface area contributed by atoms with Crippen molar-refractivity contribution in [2.45, 2.75) is 25.6 Å². The van der Waals surface area contributed by atoms with Gasteiger partial charge in [0.25, 0.3) is 0 Å². The highest BCUT2D eigenvalue weighted by Crippen LogP contribution is 2.26. The van der Waals surface area contributed by atoms with Crippen LogP contribution < -0.4 is 10.6 Å². The molecule has 21 heavy (non-hydrogen) atoms. The van der Waals surface area contributed by atoms with Crippen molar-refractivity contribution in [2.75, 3.05) is 36.8 Å². The second kappa shape index (κ2) is 6.27. The number of halogens is 4. The van der Waals surface area contributed by atoms with Crippen LogP contribution in [0.5, 0.6) is 0 Å². The molecule has 0 saturated carbocycles. The fourth-order valence-electron chi connectivity index (χ4n) is 2.46. The molecule has 0 radical (unpaired) electrons. The number of aromatic nitrogens is 1. The molecule has 1 unspecified atom stereocenters. The molecule has 0 aliphatic carbocycles. The van der Waals surface area contributed by atoms with Crippen LogP contribution in [0.25, 0.3) is 0 Å². The summed E-state index contributed by atoms with van der Waals surface area (Å²) in [4.78, 5) is 8.10. The first kappa shape index (κ1) is 16.2. The lowest BCUT2D eigenvalue weighted by Gasteiger charge is -2.40. The fraction of sp³-hybridized carbons (Fsp3) is 0.615. The molecule has 0 bridgehead atoms. The molecule has 1 saturated heterocycles. The normalized spacial score (nSPS) is 20.8. The minimum Gasteiger partial charge on any atom is -0.397 e. The second-order valence-electron chi connectivity index (χ2n) is 5.27. The van der Waals surface area contributed by atoms with E-state index in [1.54, 1.807) is 6.07 Å². The smallest absolute Gasteiger partial charge is 0.390 e. The molecule has 1 aliphatic rings. The lowest BCUT2D eigenvalue weighted by Crippen LogP contribution is -2.52. The Hall–Kier alpha value is -1.21. The van der Waals surface area contributed by atoms with Crippen LogP contribution in [-0.2, 0) is 0 Å². The third-order valence-corrected chi connectivity index (χ3v) is 3.90. The number of nitrogens with two attached hydrogens (primary N) is 1. The summed E-state index contributed by atoms with van der Waals surface area (Å²) >= 11 is 5.84. The van der Waals surface area contributed by atoms with E-state index in [4.69, 9.17) is 17.3 Å². The molecule has 4 nitrogen and oxygen atoms in total. The second-order valence-corrected chi connectivity index (χ2v) is 5.68. The topological polar surface area (TPSA) is 45.4 Å². The number of anilines is 2. The lowest BCUT2D eigenvalue weighted by molar-refractivity contribution is -0.138. The molecule has 0 spiro atoms. The van der Waals surface area contributed by atoms with Crippen molar-refractivity contribution in [1.82, 2.24) is 9.88 Å². The number of nitrogens with zero attached hydrogens (tertiary/aromatic N) is 3. The monoisotopic (exact) mass is 322 g/mol. The molecule has 1 aromatic rings. The Kier molecular flexibility index (Phi) is 4.83. The van der Waals surface area contributed by atoms with Gasteiger partial charge in [-0.1, -0.05) is 11.6 Å². The lowest BCUT2D eigenvalue weighted by atomic mass is 10.1. The number of nitrogen functional groups attached to an aromatic ring is 1. The number of hydrogen-bond donors (Lipinski definition) is 1. The van der Waals surface area contributed by atoms with Crippen LogP contribution in [0.4, 0.5) is 24.7 Å². The summed E-state index contributed by atoms with van der Waals surface area (Å²) in [6.45, 7) is 3.77. The van der Waals surface area contributed by atoms with E-state index in [1.807, 2.05) is 16.7 Å². The number of hydrogen-bond acceptors (Lipinski definition) is 4. The zero-order valence-corrected chi connectivity index (χ0v) is 12.5. The van der Waals surface area contributed by atoms with Gasteiger partial charge in [-0.15, -0.1) is 0 Å². The highest BCUT2D eigenvalue weighted by Gasteiger charge is 2.30. The Morgan fingerprint density at radius 1 is 1.43 bits per heavy atom. The molecule has 1 fully saturated rings. The van der Waals surface area contributed by atoms with Gasteiger partial charge in [-0.05, 0) is 6.92 Å². The molecule has 2 N–H and O–H groups in total. The van der Waals surface area contributed by atoms with Crippen LogP contribution in [-0.4, -0.2) is 48.3 Å². The van der Waals surface area contributed by atoms with Crippen LogP contribution in [0, 0.1) is 0 Å². The SMILES string of the molecule is CC1CN(CCC(F)(F)F)CCN1c1cc(N)c(Cl)cn1. The molecule has 118 valence electrons. The third kappa shape index (κ3) is 4.38. The Morgan fingerprint density at radius 3 is 2.71 bits per heavy atom. The van der Waals surface area contributed by atoms with E-state index in [2.05, 4.69) is 4.98 Å². The van der Waals surface area contributed by atoms with E-state index in [1.165, 1.54) is 6.20 Å². The van der Waals surface area contributed by atoms with Crippen molar-refractivity contribution in [3.8, 4) is 0 Å². The summed E-state index contributed by atoms with van der Waals surface area (Å²) in [5, 5.41) is 0.398. The predicted molar refractivity (Wildman–Crippen MR) is 77.6 cm³/mol. The zero-order chi connectivity index (χ0) is 15.6. The number of alkyl halides is 3. The van der Waals surface area contributed by atoms with Gasteiger partial charge in [0.1, 0.15) is 5.82 Å². The van der Waals surface area contributed by atoms with Crippen LogP contribution in [0.3, 0.4) is 0 Å². The quantitative estimate of drug-likeness (QED) is 0.929. The van der Waals surface area contributed by atoms with Gasteiger partial charge in [0.15, 0.2) is 0 Å². The van der Waals surface area contributed by atoms with E-state index >= 15 is 0 Å². The molecule has 1 atom stereocenters. The zero-order valence-electron chi connectivity index (χ0n) is 11.7. The third-order valence-electron chi connectivity index (χ3n) is 3.59. The maximum Gasteiger partial charge on any atom is 0.390 e. The van der Waals surface area contributed by atoms with Crippen LogP contribution in [0.2, 0.25) is 5.02 Å². The van der Waals surface area contributed by atoms with Gasteiger partial charge in [0, 0.05) is 44.5 Å². The van der Waals surface area contributed by atoms with Crippen molar-refractivity contribution in [3.05, 3.63) is 17.3 Å². The molecular formula is C13H18ClF3N4. The van der Waals surface area contributed by atoms with Crippen molar-refractivity contribution in [1.29, 1.82) is 0 Å². The summed E-state index contributed by atoms with van der Waals surface area (Å²) in [5.41, 5.74) is 6.21. The summed E-state index contributed by atoms with van der Waals surface area (Å²) in [7, 11) is 0. The van der Waals surface area contributed by atoms with Crippen molar-refractivity contribution in [3.63, 3.8) is 0 Å². The average Bonchev–Trinajstić information content (AvgIpc) is 2.39. The van der Waals surface area contributed by atoms with Gasteiger partial charge in [0.2, 0.25) is 0 Å². The largest absolute Gasteiger partial charge is 0.397 e. The van der Waals surface area contributed by atoms with Gasteiger partial charge in [0.05, 0.1) is 17.1 Å². The van der Waals surface area contributed by atoms with E-state index in [0.29, 0.717) is 36.2 Å². The average molecular weight is 323 g/mol. The van der Waals surface area contributed by atoms with Crippen molar-refractivity contribution in [2.24, 2.45) is 0 Å². The first-order valence-corrected chi connectivity index (χ1v) is 7.11. The summed E-state index contributed by atoms with van der Waals surface area (Å²) in [6.07, 6.45) is -3.38. The van der Waals surface area contributed by atoms with Crippen LogP contribution >= 0.6 is 11.6 Å². The first-order valence-electron chi connectivity index (χ1n) is 6.73. The van der Waals surface area contributed by atoms with Gasteiger partial charge >= 0.3 is 6.18 Å². The van der Waals surface area contributed by atoms with E-state index in [0.717, 1.165) is 0 Å². The Morgan fingerprint density at radius 2 is 2.14 bits per heavy atom. The van der Waals surface area contributed by atoms with E-state index < -0.39 is 12.6 Å². The predicted octanol–water partition coefficient (Wildman–Crippen LogP) is 2.78. The van der Waals surface area contributed by atoms with Crippen molar-refractivity contribution >= 4 is 23.1 Å². The minimum absolute atomic E-state index is 0.0395. The minimum atomic E-state index is -4.10. The summed E-state index contributed by atoms with van der Waals surface area (Å²) in [5.74, 6) is 0.708.